The first-order valence-electron chi connectivity index (χ1n) is 9.53. The van der Waals surface area contributed by atoms with E-state index in [0.29, 0.717) is 0 Å². The summed E-state index contributed by atoms with van der Waals surface area (Å²) in [6.07, 6.45) is 13.9. The van der Waals surface area contributed by atoms with Crippen LogP contribution in [-0.2, 0) is 14.6 Å². The monoisotopic (exact) mass is 369 g/mol. The van der Waals surface area contributed by atoms with Gasteiger partial charge in [0.15, 0.2) is 0 Å². The van der Waals surface area contributed by atoms with Crippen LogP contribution in [0.2, 0.25) is 0 Å². The van der Waals surface area contributed by atoms with Crippen LogP contribution in [0.5, 0.6) is 0 Å². The highest BCUT2D eigenvalue weighted by atomic mass is 32.3. The molecule has 0 heterocycles. The van der Waals surface area contributed by atoms with Crippen molar-refractivity contribution in [3.63, 3.8) is 0 Å². The molecule has 0 spiro atoms. The van der Waals surface area contributed by atoms with E-state index in [1.807, 2.05) is 0 Å². The first-order chi connectivity index (χ1) is 11.2. The van der Waals surface area contributed by atoms with Gasteiger partial charge in [-0.3, -0.25) is 4.55 Å². The largest absolute Gasteiger partial charge is 0.397 e. The predicted molar refractivity (Wildman–Crippen MR) is 105 cm³/mol. The lowest BCUT2D eigenvalue weighted by Crippen LogP contribution is -2.01. The van der Waals surface area contributed by atoms with Gasteiger partial charge in [-0.2, -0.15) is 8.42 Å². The zero-order chi connectivity index (χ0) is 19.3. The molecule has 5 nitrogen and oxygen atoms in total. The van der Waals surface area contributed by atoms with Crippen LogP contribution in [0.25, 0.3) is 0 Å². The predicted octanol–water partition coefficient (Wildman–Crippen LogP) is 5.35. The average Bonchev–Trinajstić information content (AvgIpc) is 2.44. The second kappa shape index (κ2) is 22.8. The van der Waals surface area contributed by atoms with Gasteiger partial charge in [-0.25, -0.2) is 4.18 Å². The molecule has 0 atom stereocenters. The molecule has 0 aromatic heterocycles. The molecule has 0 saturated carbocycles. The van der Waals surface area contributed by atoms with E-state index in [0.717, 1.165) is 12.5 Å². The van der Waals surface area contributed by atoms with Gasteiger partial charge < -0.3 is 5.73 Å². The van der Waals surface area contributed by atoms with Crippen molar-refractivity contribution in [2.75, 3.05) is 13.2 Å². The molecule has 0 saturated heterocycles. The Kier molecular flexibility index (Phi) is 27.2. The molecule has 0 aromatic carbocycles. The molecule has 6 heteroatoms. The fraction of sp³-hybridized carbons (Fsp3) is 1.00. The van der Waals surface area contributed by atoms with Crippen LogP contribution in [-0.4, -0.2) is 26.1 Å². The van der Waals surface area contributed by atoms with Crippen molar-refractivity contribution in [2.45, 2.75) is 98.8 Å². The van der Waals surface area contributed by atoms with Gasteiger partial charge in [-0.05, 0) is 25.8 Å². The Morgan fingerprint density at radius 3 is 1.38 bits per heavy atom. The molecule has 0 aliphatic heterocycles. The molecule has 150 valence electrons. The molecule has 0 aliphatic carbocycles. The minimum absolute atomic E-state index is 0.0289. The van der Waals surface area contributed by atoms with Crippen LogP contribution < -0.4 is 5.73 Å². The van der Waals surface area contributed by atoms with Crippen molar-refractivity contribution >= 4 is 10.4 Å². The molecule has 0 aromatic rings. The Bertz CT molecular complexity index is 293. The maximum absolute atomic E-state index is 9.56. The summed E-state index contributed by atoms with van der Waals surface area (Å²) in [4.78, 5) is 0. The number of unbranched alkanes of at least 4 members (excludes halogenated alkanes) is 9. The molecule has 3 N–H and O–H groups in total. The third kappa shape index (κ3) is 49.5. The average molecular weight is 370 g/mol. The zero-order valence-electron chi connectivity index (χ0n) is 16.7. The number of hydrogen-bond acceptors (Lipinski definition) is 4. The molecular weight excluding hydrogens is 326 g/mol. The summed E-state index contributed by atoms with van der Waals surface area (Å²) in [6, 6.07) is 0. The van der Waals surface area contributed by atoms with Crippen molar-refractivity contribution in [3.05, 3.63) is 0 Å². The van der Waals surface area contributed by atoms with E-state index in [4.69, 9.17) is 10.3 Å². The summed E-state index contributed by atoms with van der Waals surface area (Å²) in [7, 11) is -4.17. The lowest BCUT2D eigenvalue weighted by atomic mass is 10.1. The summed E-state index contributed by atoms with van der Waals surface area (Å²) in [5.41, 5.74) is 5.42. The molecule has 24 heavy (non-hydrogen) atoms. The van der Waals surface area contributed by atoms with E-state index in [1.54, 1.807) is 0 Å². The van der Waals surface area contributed by atoms with Gasteiger partial charge in [-0.15, -0.1) is 0 Å². The van der Waals surface area contributed by atoms with Gasteiger partial charge in [0.1, 0.15) is 0 Å². The summed E-state index contributed by atoms with van der Waals surface area (Å²) >= 11 is 0. The maximum Gasteiger partial charge on any atom is 0.397 e. The molecule has 0 fully saturated rings. The maximum atomic E-state index is 9.56. The van der Waals surface area contributed by atoms with E-state index in [1.165, 1.54) is 71.1 Å². The van der Waals surface area contributed by atoms with Gasteiger partial charge in [0.05, 0.1) is 6.61 Å². The minimum Gasteiger partial charge on any atom is -0.330 e. The standard InChI is InChI=1S/C12H27N.C4H10.C2H6O4S/c1-2-3-4-5-6-7-8-9-10-11-12-13;1-4(2)3;1-2-6-7(3,4)5/h2-13H2,1H3;4H,1-3H3;2H2,1H3,(H,3,4,5). The van der Waals surface area contributed by atoms with Crippen LogP contribution in [0.4, 0.5) is 0 Å². The van der Waals surface area contributed by atoms with Crippen molar-refractivity contribution in [1.29, 1.82) is 0 Å². The molecule has 0 rings (SSSR count). The van der Waals surface area contributed by atoms with Crippen molar-refractivity contribution in [3.8, 4) is 0 Å². The SMILES string of the molecule is CC(C)C.CCCCCCCCCCCCN.CCOS(=O)(=O)O. The van der Waals surface area contributed by atoms with Gasteiger partial charge in [-0.1, -0.05) is 85.5 Å². The van der Waals surface area contributed by atoms with Crippen LogP contribution in [0.15, 0.2) is 0 Å². The van der Waals surface area contributed by atoms with Crippen LogP contribution in [0, 0.1) is 5.92 Å². The molecular formula is C18H43NO4S. The lowest BCUT2D eigenvalue weighted by molar-refractivity contribution is 0.283. The Hall–Kier alpha value is -0.170. The van der Waals surface area contributed by atoms with Crippen LogP contribution in [0.1, 0.15) is 98.8 Å². The number of rotatable bonds is 12. The van der Waals surface area contributed by atoms with Crippen molar-refractivity contribution < 1.29 is 17.2 Å². The topological polar surface area (TPSA) is 89.6 Å². The Morgan fingerprint density at radius 1 is 0.833 bits per heavy atom. The highest BCUT2D eigenvalue weighted by Crippen LogP contribution is 2.09. The van der Waals surface area contributed by atoms with Gasteiger partial charge >= 0.3 is 10.4 Å². The third-order valence-corrected chi connectivity index (χ3v) is 3.36. The van der Waals surface area contributed by atoms with E-state index in [-0.39, 0.29) is 6.61 Å². The fourth-order valence-corrected chi connectivity index (χ4v) is 2.08. The fourth-order valence-electron chi connectivity index (χ4n) is 1.78. The third-order valence-electron chi connectivity index (χ3n) is 2.82. The van der Waals surface area contributed by atoms with Crippen LogP contribution >= 0.6 is 0 Å². The first kappa shape index (κ1) is 28.6. The Balaban J connectivity index is -0.000000335. The van der Waals surface area contributed by atoms with E-state index >= 15 is 0 Å². The summed E-state index contributed by atoms with van der Waals surface area (Å²) < 4.78 is 30.7. The number of hydrogen-bond donors (Lipinski definition) is 2. The second-order valence-corrected chi connectivity index (χ2v) is 7.63. The smallest absolute Gasteiger partial charge is 0.330 e. The second-order valence-electron chi connectivity index (χ2n) is 6.54. The molecule has 0 bridgehead atoms. The highest BCUT2D eigenvalue weighted by Gasteiger charge is 1.98. The molecule has 0 aliphatic rings. The number of nitrogens with two attached hydrogens (primary N) is 1. The van der Waals surface area contributed by atoms with E-state index in [9.17, 15) is 8.42 Å². The van der Waals surface area contributed by atoms with Crippen molar-refractivity contribution in [2.24, 2.45) is 11.7 Å². The normalized spacial score (nSPS) is 10.7. The Morgan fingerprint density at radius 2 is 1.17 bits per heavy atom. The Labute approximate surface area is 151 Å². The molecule has 0 radical (unpaired) electrons. The van der Waals surface area contributed by atoms with Crippen molar-refractivity contribution in [1.82, 2.24) is 0 Å². The zero-order valence-corrected chi connectivity index (χ0v) is 17.5. The summed E-state index contributed by atoms with van der Waals surface area (Å²) in [5.74, 6) is 0.833. The first-order valence-corrected chi connectivity index (χ1v) is 10.9. The molecule has 0 amide bonds. The lowest BCUT2D eigenvalue weighted by Gasteiger charge is -2.00. The molecule has 0 unspecified atom stereocenters. The van der Waals surface area contributed by atoms with Crippen LogP contribution in [0.3, 0.4) is 0 Å². The van der Waals surface area contributed by atoms with Gasteiger partial charge in [0, 0.05) is 0 Å². The van der Waals surface area contributed by atoms with Gasteiger partial charge in [0.2, 0.25) is 0 Å². The summed E-state index contributed by atoms with van der Waals surface area (Å²) in [6.45, 7) is 11.1. The highest BCUT2D eigenvalue weighted by molar-refractivity contribution is 7.80. The minimum atomic E-state index is -4.17. The quantitative estimate of drug-likeness (QED) is 0.357. The summed E-state index contributed by atoms with van der Waals surface area (Å²) in [5, 5.41) is 0. The van der Waals surface area contributed by atoms with E-state index < -0.39 is 10.4 Å². The van der Waals surface area contributed by atoms with E-state index in [2.05, 4.69) is 31.9 Å². The van der Waals surface area contributed by atoms with Gasteiger partial charge in [0.25, 0.3) is 0 Å².